The van der Waals surface area contributed by atoms with Crippen LogP contribution in [0.5, 0.6) is 17.5 Å². The van der Waals surface area contributed by atoms with Crippen molar-refractivity contribution < 1.29 is 36.0 Å². The highest BCUT2D eigenvalue weighted by Crippen LogP contribution is 2.50. The van der Waals surface area contributed by atoms with Gasteiger partial charge in [-0.2, -0.15) is 13.2 Å². The topological polar surface area (TPSA) is 127 Å². The number of benzene rings is 1. The van der Waals surface area contributed by atoms with E-state index in [1.54, 1.807) is 0 Å². The van der Waals surface area contributed by atoms with Gasteiger partial charge in [-0.05, 0) is 48.9 Å². The number of pyridine rings is 1. The monoisotopic (exact) mass is 553 g/mol. The molecule has 0 saturated heterocycles. The van der Waals surface area contributed by atoms with Crippen LogP contribution in [0.4, 0.5) is 23.2 Å². The third-order valence-corrected chi connectivity index (χ3v) is 7.36. The average molecular weight is 554 g/mol. The number of amides is 1. The van der Waals surface area contributed by atoms with Crippen molar-refractivity contribution >= 4 is 21.3 Å². The van der Waals surface area contributed by atoms with Crippen LogP contribution in [0, 0.1) is 17.5 Å². The van der Waals surface area contributed by atoms with E-state index in [1.165, 1.54) is 43.8 Å². The fourth-order valence-electron chi connectivity index (χ4n) is 3.79. The fraction of sp³-hybridized carbons (Fsp3) is 0.333. The van der Waals surface area contributed by atoms with Gasteiger partial charge >= 0.3 is 6.18 Å². The zero-order chi connectivity index (χ0) is 28.0. The quantitative estimate of drug-likeness (QED) is 0.371. The van der Waals surface area contributed by atoms with Gasteiger partial charge in [0.2, 0.25) is 5.75 Å². The summed E-state index contributed by atoms with van der Waals surface area (Å²) in [6.45, 7) is 2.87. The average Bonchev–Trinajstić information content (AvgIpc) is 3.56. The van der Waals surface area contributed by atoms with Gasteiger partial charge in [-0.25, -0.2) is 18.4 Å². The number of aromatic nitrogens is 3. The van der Waals surface area contributed by atoms with Gasteiger partial charge in [0.05, 0.1) is 16.8 Å². The second kappa shape index (κ2) is 9.49. The molecule has 1 amide bonds. The number of halogens is 4. The zero-order valence-electron chi connectivity index (χ0n) is 20.7. The first-order chi connectivity index (χ1) is 17.7. The molecular weight excluding hydrogens is 530 g/mol. The molecule has 9 nitrogen and oxygen atoms in total. The first kappa shape index (κ1) is 27.2. The lowest BCUT2D eigenvalue weighted by atomic mass is 10.00. The number of rotatable bonds is 7. The molecule has 3 aromatic rings. The molecule has 38 heavy (non-hydrogen) atoms. The Morgan fingerprint density at radius 1 is 1.21 bits per heavy atom. The predicted molar refractivity (Wildman–Crippen MR) is 129 cm³/mol. The summed E-state index contributed by atoms with van der Waals surface area (Å²) in [7, 11) is -1.96. The summed E-state index contributed by atoms with van der Waals surface area (Å²) in [4.78, 5) is 17.4. The molecule has 2 N–H and O–H groups in total. The smallest absolute Gasteiger partial charge is 0.435 e. The maximum absolute atomic E-state index is 15.2. The number of hydrogen-bond donors (Lipinski definition) is 2. The Morgan fingerprint density at radius 3 is 2.47 bits per heavy atom. The van der Waals surface area contributed by atoms with E-state index in [9.17, 15) is 22.2 Å². The Morgan fingerprint density at radius 2 is 1.89 bits per heavy atom. The number of carbonyl (C=O) groups excluding carboxylic acids is 1. The largest absolute Gasteiger partial charge is 0.489 e. The van der Waals surface area contributed by atoms with Crippen molar-refractivity contribution in [1.82, 2.24) is 15.2 Å². The SMILES string of the molecule is COc1c(Oc2nnc(C(F)(F)F)c(C)c2C(=O)Nc2cccc(S(C)(=N)=O)c2)ncc(C2(C)CC2)c1F. The fourth-order valence-corrected chi connectivity index (χ4v) is 4.48. The summed E-state index contributed by atoms with van der Waals surface area (Å²) in [5.41, 5.74) is -2.70. The van der Waals surface area contributed by atoms with Crippen LogP contribution in [0.1, 0.15) is 46.9 Å². The summed E-state index contributed by atoms with van der Waals surface area (Å²) in [6, 6.07) is 5.51. The van der Waals surface area contributed by atoms with E-state index in [0.717, 1.165) is 19.8 Å². The van der Waals surface area contributed by atoms with Gasteiger partial charge in [0.15, 0.2) is 11.5 Å². The number of anilines is 1. The Kier molecular flexibility index (Phi) is 6.80. The molecule has 1 fully saturated rings. The molecule has 202 valence electrons. The number of hydrogen-bond acceptors (Lipinski definition) is 8. The Hall–Kier alpha value is -3.81. The number of carbonyl (C=O) groups is 1. The van der Waals surface area contributed by atoms with Crippen molar-refractivity contribution in [3.05, 3.63) is 58.7 Å². The first-order valence-corrected chi connectivity index (χ1v) is 13.1. The third kappa shape index (κ3) is 5.26. The van der Waals surface area contributed by atoms with E-state index in [-0.39, 0.29) is 10.6 Å². The van der Waals surface area contributed by atoms with E-state index in [2.05, 4.69) is 20.5 Å². The first-order valence-electron chi connectivity index (χ1n) is 11.2. The van der Waals surface area contributed by atoms with Crippen molar-refractivity contribution in [3.8, 4) is 17.5 Å². The molecular formula is C24H23F4N5O4S. The second-order valence-electron chi connectivity index (χ2n) is 9.16. The van der Waals surface area contributed by atoms with E-state index >= 15 is 4.39 Å². The Bertz CT molecular complexity index is 1540. The van der Waals surface area contributed by atoms with E-state index in [0.29, 0.717) is 5.56 Å². The van der Waals surface area contributed by atoms with Gasteiger partial charge in [0.1, 0.15) is 5.56 Å². The minimum Gasteiger partial charge on any atom is -0.489 e. The molecule has 2 aromatic heterocycles. The van der Waals surface area contributed by atoms with Crippen LogP contribution in [-0.4, -0.2) is 38.7 Å². The molecule has 2 heterocycles. The summed E-state index contributed by atoms with van der Waals surface area (Å²) in [6.07, 6.45) is -1.01. The lowest BCUT2D eigenvalue weighted by Gasteiger charge is -2.18. The molecule has 4 rings (SSSR count). The van der Waals surface area contributed by atoms with Gasteiger partial charge in [-0.1, -0.05) is 13.0 Å². The van der Waals surface area contributed by atoms with Gasteiger partial charge in [-0.15, -0.1) is 10.2 Å². The molecule has 0 aliphatic heterocycles. The molecule has 1 unspecified atom stereocenters. The highest BCUT2D eigenvalue weighted by atomic mass is 32.2. The molecule has 1 aliphatic rings. The Labute approximate surface area is 215 Å². The molecule has 0 bridgehead atoms. The maximum Gasteiger partial charge on any atom is 0.435 e. The van der Waals surface area contributed by atoms with Gasteiger partial charge in [0, 0.05) is 28.6 Å². The van der Waals surface area contributed by atoms with Gasteiger partial charge in [-0.3, -0.25) is 4.79 Å². The van der Waals surface area contributed by atoms with E-state index < -0.39 is 67.4 Å². The number of ether oxygens (including phenoxy) is 2. The maximum atomic E-state index is 15.2. The van der Waals surface area contributed by atoms with E-state index in [1.807, 2.05) is 6.92 Å². The third-order valence-electron chi connectivity index (χ3n) is 6.21. The summed E-state index contributed by atoms with van der Waals surface area (Å²) in [5.74, 6) is -3.33. The molecule has 1 aromatic carbocycles. The minimum atomic E-state index is -4.94. The van der Waals surface area contributed by atoms with Crippen LogP contribution in [-0.2, 0) is 21.3 Å². The van der Waals surface area contributed by atoms with Crippen molar-refractivity contribution in [1.29, 1.82) is 4.78 Å². The lowest BCUT2D eigenvalue weighted by molar-refractivity contribution is -0.142. The van der Waals surface area contributed by atoms with Crippen LogP contribution in [0.15, 0.2) is 35.4 Å². The van der Waals surface area contributed by atoms with Crippen molar-refractivity contribution in [2.75, 3.05) is 18.7 Å². The molecule has 0 spiro atoms. The number of nitrogens with zero attached hydrogens (tertiary/aromatic N) is 3. The molecule has 14 heteroatoms. The van der Waals surface area contributed by atoms with Crippen molar-refractivity contribution in [3.63, 3.8) is 0 Å². The number of methoxy groups -OCH3 is 1. The summed E-state index contributed by atoms with van der Waals surface area (Å²) < 4.78 is 86.4. The van der Waals surface area contributed by atoms with Crippen molar-refractivity contribution in [2.24, 2.45) is 0 Å². The second-order valence-corrected chi connectivity index (χ2v) is 11.3. The van der Waals surface area contributed by atoms with Gasteiger partial charge < -0.3 is 14.8 Å². The zero-order valence-corrected chi connectivity index (χ0v) is 21.5. The highest BCUT2D eigenvalue weighted by molar-refractivity contribution is 7.91. The van der Waals surface area contributed by atoms with Crippen LogP contribution < -0.4 is 14.8 Å². The van der Waals surface area contributed by atoms with Crippen LogP contribution in [0.2, 0.25) is 0 Å². The minimum absolute atomic E-state index is 0.0637. The normalized spacial score (nSPS) is 15.9. The molecule has 0 radical (unpaired) electrons. The molecule has 1 aliphatic carbocycles. The summed E-state index contributed by atoms with van der Waals surface area (Å²) >= 11 is 0. The summed E-state index contributed by atoms with van der Waals surface area (Å²) in [5, 5.41) is 9.05. The lowest BCUT2D eigenvalue weighted by Crippen LogP contribution is -2.21. The van der Waals surface area contributed by atoms with E-state index in [4.69, 9.17) is 14.3 Å². The number of nitrogens with one attached hydrogen (secondary N) is 2. The van der Waals surface area contributed by atoms with Gasteiger partial charge in [0.25, 0.3) is 17.7 Å². The van der Waals surface area contributed by atoms with Crippen LogP contribution in [0.25, 0.3) is 0 Å². The number of alkyl halides is 3. The predicted octanol–water partition coefficient (Wildman–Crippen LogP) is 5.48. The highest BCUT2D eigenvalue weighted by Gasteiger charge is 2.43. The van der Waals surface area contributed by atoms with Crippen LogP contribution >= 0.6 is 0 Å². The van der Waals surface area contributed by atoms with Crippen LogP contribution in [0.3, 0.4) is 0 Å². The van der Waals surface area contributed by atoms with Crippen molar-refractivity contribution in [2.45, 2.75) is 43.2 Å². The molecule has 1 saturated carbocycles. The standard InChI is InChI=1S/C24H23F4N5O4S/c1-12-16(20(34)31-13-6-5-7-14(10-13)38(4,29)35)21(33-32-19(12)24(26,27)28)37-22-18(36-3)17(25)15(11-30-22)23(2)8-9-23/h5-7,10-11,29H,8-9H2,1-4H3,(H,31,34). The molecule has 1 atom stereocenters. The Balaban J connectivity index is 1.78.